The van der Waals surface area contributed by atoms with E-state index in [0.717, 1.165) is 64.6 Å². The molecule has 1 aromatic heterocycles. The molecule has 3 unspecified atom stereocenters. The number of guanidine groups is 1. The molecule has 3 N–H and O–H groups in total. The summed E-state index contributed by atoms with van der Waals surface area (Å²) in [6, 6.07) is 4.67. The topological polar surface area (TPSA) is 69.1 Å². The molecule has 160 valence electrons. The number of nitrogens with one attached hydrogen (secondary N) is 2. The summed E-state index contributed by atoms with van der Waals surface area (Å²) in [5, 5.41) is 18.4. The summed E-state index contributed by atoms with van der Waals surface area (Å²) >= 11 is 1.81. The van der Waals surface area contributed by atoms with Gasteiger partial charge in [-0.05, 0) is 44.1 Å². The SMILES string of the molecule is CCCC(CCO)CN=C(NCC)NCC(c1cccs1)N1CCOC(C)C1. The van der Waals surface area contributed by atoms with Crippen molar-refractivity contribution in [1.29, 1.82) is 0 Å². The molecule has 3 atom stereocenters. The molecule has 0 amide bonds. The van der Waals surface area contributed by atoms with Gasteiger partial charge in [0.2, 0.25) is 0 Å². The average molecular weight is 411 g/mol. The fourth-order valence-corrected chi connectivity index (χ4v) is 4.55. The van der Waals surface area contributed by atoms with E-state index in [9.17, 15) is 5.11 Å². The Morgan fingerprint density at radius 1 is 1.39 bits per heavy atom. The zero-order valence-corrected chi connectivity index (χ0v) is 18.5. The Bertz CT molecular complexity index is 547. The number of ether oxygens (including phenoxy) is 1. The van der Waals surface area contributed by atoms with Gasteiger partial charge in [0.25, 0.3) is 0 Å². The number of aliphatic hydroxyl groups excluding tert-OH is 1. The summed E-state index contributed by atoms with van der Waals surface area (Å²) in [5.74, 6) is 1.31. The van der Waals surface area contributed by atoms with E-state index in [0.29, 0.717) is 12.0 Å². The lowest BCUT2D eigenvalue weighted by atomic mass is 10.0. The van der Waals surface area contributed by atoms with Crippen LogP contribution in [-0.4, -0.2) is 68.0 Å². The predicted octanol–water partition coefficient (Wildman–Crippen LogP) is 2.86. The lowest BCUT2D eigenvalue weighted by molar-refractivity contribution is -0.0334. The second-order valence-corrected chi connectivity index (χ2v) is 8.45. The molecule has 6 nitrogen and oxygen atoms in total. The van der Waals surface area contributed by atoms with Gasteiger partial charge in [0.15, 0.2) is 5.96 Å². The van der Waals surface area contributed by atoms with Crippen molar-refractivity contribution in [2.24, 2.45) is 10.9 Å². The zero-order chi connectivity index (χ0) is 20.2. The van der Waals surface area contributed by atoms with E-state index in [2.05, 4.69) is 53.8 Å². The fourth-order valence-electron chi connectivity index (χ4n) is 3.69. The molecule has 1 aliphatic rings. The third kappa shape index (κ3) is 7.70. The molecular formula is C21H38N4O2S. The number of aliphatic imine (C=N–C) groups is 1. The van der Waals surface area contributed by atoms with Crippen molar-refractivity contribution >= 4 is 17.3 Å². The average Bonchev–Trinajstić information content (AvgIpc) is 3.21. The fraction of sp³-hybridized carbons (Fsp3) is 0.762. The van der Waals surface area contributed by atoms with Crippen LogP contribution in [0.5, 0.6) is 0 Å². The smallest absolute Gasteiger partial charge is 0.191 e. The molecule has 2 rings (SSSR count). The lowest BCUT2D eigenvalue weighted by Gasteiger charge is -2.37. The molecule has 2 heterocycles. The number of rotatable bonds is 11. The molecular weight excluding hydrogens is 372 g/mol. The Hall–Kier alpha value is -1.15. The van der Waals surface area contributed by atoms with Crippen LogP contribution in [0.4, 0.5) is 0 Å². The van der Waals surface area contributed by atoms with Gasteiger partial charge in [-0.2, -0.15) is 0 Å². The summed E-state index contributed by atoms with van der Waals surface area (Å²) in [5.41, 5.74) is 0. The van der Waals surface area contributed by atoms with Crippen LogP contribution in [0.3, 0.4) is 0 Å². The Kier molecular flexibility index (Phi) is 10.9. The van der Waals surface area contributed by atoms with Crippen LogP contribution in [0, 0.1) is 5.92 Å². The van der Waals surface area contributed by atoms with Gasteiger partial charge in [0, 0.05) is 44.2 Å². The summed E-state index contributed by atoms with van der Waals surface area (Å²) < 4.78 is 5.74. The first-order valence-electron chi connectivity index (χ1n) is 10.7. The maximum atomic E-state index is 9.29. The molecule has 0 radical (unpaired) electrons. The molecule has 1 aromatic rings. The van der Waals surface area contributed by atoms with Crippen LogP contribution in [0.15, 0.2) is 22.5 Å². The van der Waals surface area contributed by atoms with E-state index in [1.807, 2.05) is 11.3 Å². The van der Waals surface area contributed by atoms with Crippen molar-refractivity contribution in [3.63, 3.8) is 0 Å². The minimum absolute atomic E-state index is 0.236. The zero-order valence-electron chi connectivity index (χ0n) is 17.7. The Balaban J connectivity index is 2.01. The van der Waals surface area contributed by atoms with Crippen LogP contribution < -0.4 is 10.6 Å². The second kappa shape index (κ2) is 13.1. The van der Waals surface area contributed by atoms with Gasteiger partial charge in [-0.25, -0.2) is 0 Å². The van der Waals surface area contributed by atoms with Crippen molar-refractivity contribution in [3.05, 3.63) is 22.4 Å². The maximum Gasteiger partial charge on any atom is 0.191 e. The quantitative estimate of drug-likeness (QED) is 0.387. The highest BCUT2D eigenvalue weighted by Gasteiger charge is 2.26. The molecule has 0 aromatic carbocycles. The molecule has 28 heavy (non-hydrogen) atoms. The number of nitrogens with zero attached hydrogens (tertiary/aromatic N) is 2. The molecule has 1 fully saturated rings. The Morgan fingerprint density at radius 2 is 2.25 bits per heavy atom. The molecule has 1 aliphatic heterocycles. The number of hydrogen-bond acceptors (Lipinski definition) is 5. The third-order valence-electron chi connectivity index (χ3n) is 5.13. The van der Waals surface area contributed by atoms with Gasteiger partial charge in [-0.3, -0.25) is 9.89 Å². The highest BCUT2D eigenvalue weighted by molar-refractivity contribution is 7.10. The van der Waals surface area contributed by atoms with Gasteiger partial charge >= 0.3 is 0 Å². The first kappa shape index (κ1) is 23.1. The number of thiophene rings is 1. The highest BCUT2D eigenvalue weighted by Crippen LogP contribution is 2.26. The lowest BCUT2D eigenvalue weighted by Crippen LogP contribution is -2.48. The normalized spacial score (nSPS) is 20.7. The van der Waals surface area contributed by atoms with Gasteiger partial charge in [-0.15, -0.1) is 11.3 Å². The van der Waals surface area contributed by atoms with Crippen LogP contribution in [-0.2, 0) is 4.74 Å². The second-order valence-electron chi connectivity index (χ2n) is 7.48. The van der Waals surface area contributed by atoms with E-state index in [-0.39, 0.29) is 12.7 Å². The standard InChI is InChI=1S/C21H38N4O2S/c1-4-7-18(9-11-26)14-23-21(22-5-2)24-15-19(20-8-6-13-28-20)25-10-12-27-17(3)16-25/h6,8,13,17-19,26H,4-5,7,9-12,14-16H2,1-3H3,(H2,22,23,24). The van der Waals surface area contributed by atoms with Crippen molar-refractivity contribution < 1.29 is 9.84 Å². The van der Waals surface area contributed by atoms with Crippen molar-refractivity contribution in [1.82, 2.24) is 15.5 Å². The summed E-state index contributed by atoms with van der Waals surface area (Å²) in [6.45, 7) is 11.8. The summed E-state index contributed by atoms with van der Waals surface area (Å²) in [4.78, 5) is 8.70. The minimum Gasteiger partial charge on any atom is -0.396 e. The summed E-state index contributed by atoms with van der Waals surface area (Å²) in [7, 11) is 0. The minimum atomic E-state index is 0.236. The Labute approximate surface area is 174 Å². The van der Waals surface area contributed by atoms with Crippen LogP contribution in [0.1, 0.15) is 51.0 Å². The van der Waals surface area contributed by atoms with Crippen LogP contribution in [0.25, 0.3) is 0 Å². The van der Waals surface area contributed by atoms with Crippen LogP contribution in [0.2, 0.25) is 0 Å². The van der Waals surface area contributed by atoms with Crippen molar-refractivity contribution in [2.45, 2.75) is 52.2 Å². The largest absolute Gasteiger partial charge is 0.396 e. The molecule has 1 saturated heterocycles. The molecule has 0 aliphatic carbocycles. The maximum absolute atomic E-state index is 9.29. The van der Waals surface area contributed by atoms with E-state index in [1.54, 1.807) is 0 Å². The van der Waals surface area contributed by atoms with Crippen molar-refractivity contribution in [3.8, 4) is 0 Å². The van der Waals surface area contributed by atoms with Crippen molar-refractivity contribution in [2.75, 3.05) is 45.9 Å². The van der Waals surface area contributed by atoms with Gasteiger partial charge in [-0.1, -0.05) is 19.4 Å². The first-order valence-corrected chi connectivity index (χ1v) is 11.6. The molecule has 0 bridgehead atoms. The number of morpholine rings is 1. The van der Waals surface area contributed by atoms with E-state index in [4.69, 9.17) is 9.73 Å². The highest BCUT2D eigenvalue weighted by atomic mass is 32.1. The predicted molar refractivity (Wildman–Crippen MR) is 118 cm³/mol. The molecule has 7 heteroatoms. The Morgan fingerprint density at radius 3 is 2.89 bits per heavy atom. The number of aliphatic hydroxyl groups is 1. The molecule has 0 saturated carbocycles. The van der Waals surface area contributed by atoms with Crippen LogP contribution >= 0.6 is 11.3 Å². The van der Waals surface area contributed by atoms with Gasteiger partial charge in [0.05, 0.1) is 18.8 Å². The first-order chi connectivity index (χ1) is 13.7. The monoisotopic (exact) mass is 410 g/mol. The van der Waals surface area contributed by atoms with E-state index in [1.165, 1.54) is 4.88 Å². The van der Waals surface area contributed by atoms with Gasteiger partial charge < -0.3 is 20.5 Å². The van der Waals surface area contributed by atoms with E-state index < -0.39 is 0 Å². The number of hydrogen-bond donors (Lipinski definition) is 3. The molecule has 0 spiro atoms. The summed E-state index contributed by atoms with van der Waals surface area (Å²) in [6.07, 6.45) is 3.32. The third-order valence-corrected chi connectivity index (χ3v) is 6.11. The van der Waals surface area contributed by atoms with Gasteiger partial charge in [0.1, 0.15) is 0 Å². The van der Waals surface area contributed by atoms with E-state index >= 15 is 0 Å².